The molecule has 92 valence electrons. The first-order chi connectivity index (χ1) is 8.06. The number of alkyl carbamates (subject to hydrolysis) is 1. The van der Waals surface area contributed by atoms with Crippen molar-refractivity contribution in [3.05, 3.63) is 35.9 Å². The van der Waals surface area contributed by atoms with Crippen LogP contribution in [0.25, 0.3) is 0 Å². The molecule has 5 nitrogen and oxygen atoms in total. The molecule has 0 spiro atoms. The number of hydrogen-bond donors (Lipinski definition) is 2. The summed E-state index contributed by atoms with van der Waals surface area (Å²) in [6.07, 6.45) is -0.659. The lowest BCUT2D eigenvalue weighted by atomic mass is 9.99. The predicted molar refractivity (Wildman–Crippen MR) is 63.4 cm³/mol. The molecule has 0 fully saturated rings. The molecule has 0 radical (unpaired) electrons. The molecule has 1 aromatic rings. The zero-order valence-corrected chi connectivity index (χ0v) is 9.84. The fraction of sp³-hybridized carbons (Fsp3) is 0.333. The number of methoxy groups -OCH3 is 1. The smallest absolute Gasteiger partial charge is 0.407 e. The van der Waals surface area contributed by atoms with Crippen LogP contribution >= 0.6 is 0 Å². The summed E-state index contributed by atoms with van der Waals surface area (Å²) in [6, 6.07) is 7.48. The number of benzene rings is 1. The van der Waals surface area contributed by atoms with E-state index >= 15 is 0 Å². The van der Waals surface area contributed by atoms with Crippen LogP contribution < -0.4 is 11.1 Å². The SMILES string of the molecule is COC(=O)NC(C(=O)C(C)N)c1ccccc1. The number of ketones is 1. The number of nitrogens with one attached hydrogen (secondary N) is 1. The Morgan fingerprint density at radius 3 is 2.35 bits per heavy atom. The van der Waals surface area contributed by atoms with Crippen molar-refractivity contribution in [2.45, 2.75) is 19.0 Å². The van der Waals surface area contributed by atoms with Crippen LogP contribution in [-0.4, -0.2) is 25.0 Å². The van der Waals surface area contributed by atoms with Gasteiger partial charge in [-0.15, -0.1) is 0 Å². The zero-order valence-electron chi connectivity index (χ0n) is 9.84. The Bertz CT molecular complexity index is 390. The van der Waals surface area contributed by atoms with Crippen molar-refractivity contribution in [1.29, 1.82) is 0 Å². The molecule has 17 heavy (non-hydrogen) atoms. The van der Waals surface area contributed by atoms with Gasteiger partial charge in [0, 0.05) is 0 Å². The van der Waals surface area contributed by atoms with E-state index in [0.29, 0.717) is 5.56 Å². The molecule has 0 aromatic heterocycles. The van der Waals surface area contributed by atoms with Crippen molar-refractivity contribution in [3.8, 4) is 0 Å². The second-order valence-electron chi connectivity index (χ2n) is 3.67. The van der Waals surface area contributed by atoms with Gasteiger partial charge in [-0.1, -0.05) is 30.3 Å². The van der Waals surface area contributed by atoms with Crippen LogP contribution in [0.1, 0.15) is 18.5 Å². The minimum atomic E-state index is -0.774. The molecule has 0 bridgehead atoms. The second-order valence-corrected chi connectivity index (χ2v) is 3.67. The molecular formula is C12H16N2O3. The number of rotatable bonds is 4. The third kappa shape index (κ3) is 3.57. The first-order valence-corrected chi connectivity index (χ1v) is 5.25. The summed E-state index contributed by atoms with van der Waals surface area (Å²) in [5, 5.41) is 2.47. The van der Waals surface area contributed by atoms with Crippen LogP contribution in [-0.2, 0) is 9.53 Å². The number of nitrogens with two attached hydrogens (primary N) is 1. The highest BCUT2D eigenvalue weighted by molar-refractivity contribution is 5.92. The molecule has 1 amide bonds. The number of carbonyl (C=O) groups is 2. The standard InChI is InChI=1S/C12H16N2O3/c1-8(13)11(15)10(14-12(16)17-2)9-6-4-3-5-7-9/h3-8,10H,13H2,1-2H3,(H,14,16). The maximum Gasteiger partial charge on any atom is 0.407 e. The van der Waals surface area contributed by atoms with Gasteiger partial charge in [-0.2, -0.15) is 0 Å². The summed E-state index contributed by atoms with van der Waals surface area (Å²) in [5.41, 5.74) is 6.23. The minimum absolute atomic E-state index is 0.262. The monoisotopic (exact) mass is 236 g/mol. The number of Topliss-reactive ketones (excluding diaryl/α,β-unsaturated/α-hetero) is 1. The van der Waals surface area contributed by atoms with Crippen molar-refractivity contribution in [2.75, 3.05) is 7.11 Å². The molecule has 1 aromatic carbocycles. The number of carbonyl (C=O) groups excluding carboxylic acids is 2. The van der Waals surface area contributed by atoms with Crippen molar-refractivity contribution >= 4 is 11.9 Å². The van der Waals surface area contributed by atoms with Crippen LogP contribution in [0.15, 0.2) is 30.3 Å². The fourth-order valence-corrected chi connectivity index (χ4v) is 1.40. The molecule has 0 saturated heterocycles. The summed E-state index contributed by atoms with van der Waals surface area (Å²) >= 11 is 0. The van der Waals surface area contributed by atoms with Crippen LogP contribution in [0.2, 0.25) is 0 Å². The lowest BCUT2D eigenvalue weighted by Gasteiger charge is -2.19. The normalized spacial score (nSPS) is 13.6. The van der Waals surface area contributed by atoms with Crippen LogP contribution in [0.4, 0.5) is 4.79 Å². The van der Waals surface area contributed by atoms with E-state index < -0.39 is 18.2 Å². The van der Waals surface area contributed by atoms with Crippen LogP contribution in [0, 0.1) is 0 Å². The van der Waals surface area contributed by atoms with Crippen molar-refractivity contribution in [1.82, 2.24) is 5.32 Å². The molecule has 1 rings (SSSR count). The van der Waals surface area contributed by atoms with Crippen LogP contribution in [0.5, 0.6) is 0 Å². The van der Waals surface area contributed by atoms with Gasteiger partial charge in [0.15, 0.2) is 5.78 Å². The zero-order chi connectivity index (χ0) is 12.8. The average molecular weight is 236 g/mol. The Morgan fingerprint density at radius 2 is 1.88 bits per heavy atom. The van der Waals surface area contributed by atoms with E-state index in [-0.39, 0.29) is 5.78 Å². The van der Waals surface area contributed by atoms with Gasteiger partial charge in [0.05, 0.1) is 13.2 Å². The van der Waals surface area contributed by atoms with Gasteiger partial charge in [-0.05, 0) is 12.5 Å². The molecule has 2 atom stereocenters. The molecule has 3 N–H and O–H groups in total. The highest BCUT2D eigenvalue weighted by atomic mass is 16.5. The third-order valence-electron chi connectivity index (χ3n) is 2.31. The molecule has 0 aliphatic rings. The minimum Gasteiger partial charge on any atom is -0.453 e. The van der Waals surface area contributed by atoms with Gasteiger partial charge in [-0.25, -0.2) is 4.79 Å². The summed E-state index contributed by atoms with van der Waals surface area (Å²) in [4.78, 5) is 23.1. The van der Waals surface area contributed by atoms with E-state index in [9.17, 15) is 9.59 Å². The molecule has 5 heteroatoms. The molecule has 0 saturated carbocycles. The molecule has 0 aliphatic heterocycles. The highest BCUT2D eigenvalue weighted by Gasteiger charge is 2.25. The van der Waals surface area contributed by atoms with E-state index in [1.54, 1.807) is 31.2 Å². The lowest BCUT2D eigenvalue weighted by molar-refractivity contribution is -0.122. The quantitative estimate of drug-likeness (QED) is 0.817. The Kier molecular flexibility index (Phi) is 4.66. The number of amides is 1. The average Bonchev–Trinajstić information content (AvgIpc) is 2.35. The van der Waals surface area contributed by atoms with Gasteiger partial charge in [0.1, 0.15) is 6.04 Å². The summed E-state index contributed by atoms with van der Waals surface area (Å²) in [6.45, 7) is 1.58. The molecular weight excluding hydrogens is 220 g/mol. The summed E-state index contributed by atoms with van der Waals surface area (Å²) in [7, 11) is 1.24. The van der Waals surface area contributed by atoms with E-state index in [4.69, 9.17) is 5.73 Å². The second kappa shape index (κ2) is 6.00. The Morgan fingerprint density at radius 1 is 1.29 bits per heavy atom. The number of ether oxygens (including phenoxy) is 1. The van der Waals surface area contributed by atoms with E-state index in [0.717, 1.165) is 0 Å². The highest BCUT2D eigenvalue weighted by Crippen LogP contribution is 2.15. The van der Waals surface area contributed by atoms with Crippen molar-refractivity contribution in [2.24, 2.45) is 5.73 Å². The lowest BCUT2D eigenvalue weighted by Crippen LogP contribution is -2.41. The van der Waals surface area contributed by atoms with Crippen molar-refractivity contribution < 1.29 is 14.3 Å². The molecule has 0 heterocycles. The van der Waals surface area contributed by atoms with Gasteiger partial charge >= 0.3 is 6.09 Å². The first kappa shape index (κ1) is 13.2. The van der Waals surface area contributed by atoms with Crippen molar-refractivity contribution in [3.63, 3.8) is 0 Å². The summed E-state index contributed by atoms with van der Waals surface area (Å²) in [5.74, 6) is -0.262. The van der Waals surface area contributed by atoms with Gasteiger partial charge in [0.2, 0.25) is 0 Å². The van der Waals surface area contributed by atoms with Crippen LogP contribution in [0.3, 0.4) is 0 Å². The Hall–Kier alpha value is -1.88. The maximum atomic E-state index is 11.9. The van der Waals surface area contributed by atoms with E-state index in [1.807, 2.05) is 6.07 Å². The molecule has 0 aliphatic carbocycles. The van der Waals surface area contributed by atoms with Gasteiger partial charge in [0.25, 0.3) is 0 Å². The fourth-order valence-electron chi connectivity index (χ4n) is 1.40. The predicted octanol–water partition coefficient (Wildman–Crippen LogP) is 1.000. The number of hydrogen-bond acceptors (Lipinski definition) is 4. The topological polar surface area (TPSA) is 81.4 Å². The maximum absolute atomic E-state index is 11.9. The largest absolute Gasteiger partial charge is 0.453 e. The molecule has 2 unspecified atom stereocenters. The first-order valence-electron chi connectivity index (χ1n) is 5.25. The summed E-state index contributed by atoms with van der Waals surface area (Å²) < 4.78 is 4.49. The van der Waals surface area contributed by atoms with Gasteiger partial charge < -0.3 is 15.8 Å². The third-order valence-corrected chi connectivity index (χ3v) is 2.31. The Labute approximate surface area is 99.9 Å². The van der Waals surface area contributed by atoms with E-state index in [2.05, 4.69) is 10.1 Å². The Balaban J connectivity index is 2.94. The van der Waals surface area contributed by atoms with Gasteiger partial charge in [-0.3, -0.25) is 4.79 Å². The van der Waals surface area contributed by atoms with E-state index in [1.165, 1.54) is 7.11 Å².